The van der Waals surface area contributed by atoms with Gasteiger partial charge in [0.25, 0.3) is 0 Å². The Bertz CT molecular complexity index is 554. The number of halogens is 2. The van der Waals surface area contributed by atoms with Crippen LogP contribution in [0.4, 0.5) is 0 Å². The number of nitrogens with zero attached hydrogens (tertiary/aromatic N) is 2. The maximum Gasteiger partial charge on any atom is 0.111 e. The van der Waals surface area contributed by atoms with Gasteiger partial charge in [0.15, 0.2) is 0 Å². The van der Waals surface area contributed by atoms with E-state index in [1.807, 2.05) is 6.20 Å². The molecule has 5 heteroatoms. The van der Waals surface area contributed by atoms with Crippen LogP contribution in [-0.4, -0.2) is 14.7 Å². The van der Waals surface area contributed by atoms with Crippen LogP contribution >= 0.6 is 23.2 Å². The predicted molar refractivity (Wildman–Crippen MR) is 77.6 cm³/mol. The van der Waals surface area contributed by atoms with Gasteiger partial charge >= 0.3 is 0 Å². The number of hydrogen-bond acceptors (Lipinski definition) is 2. The van der Waals surface area contributed by atoms with Crippen molar-refractivity contribution in [2.45, 2.75) is 32.4 Å². The minimum atomic E-state index is -0.632. The number of aromatic nitrogens is 2. The summed E-state index contributed by atoms with van der Waals surface area (Å²) in [5, 5.41) is 11.2. The molecular formula is C14H16Cl2N2O. The average molecular weight is 299 g/mol. The van der Waals surface area contributed by atoms with Gasteiger partial charge < -0.3 is 9.67 Å². The Balaban J connectivity index is 2.13. The van der Waals surface area contributed by atoms with Crippen LogP contribution < -0.4 is 0 Å². The SMILES string of the molecule is CCCn1ccnc1CC(O)c1ccc(Cl)c(Cl)c1. The molecule has 0 aliphatic heterocycles. The van der Waals surface area contributed by atoms with Gasteiger partial charge in [-0.15, -0.1) is 0 Å². The fraction of sp³-hybridized carbons (Fsp3) is 0.357. The van der Waals surface area contributed by atoms with Gasteiger partial charge in [0, 0.05) is 25.4 Å². The highest BCUT2D eigenvalue weighted by molar-refractivity contribution is 6.42. The maximum absolute atomic E-state index is 10.2. The van der Waals surface area contributed by atoms with Crippen molar-refractivity contribution < 1.29 is 5.11 Å². The van der Waals surface area contributed by atoms with E-state index >= 15 is 0 Å². The first-order valence-corrected chi connectivity index (χ1v) is 7.00. The second-order valence-corrected chi connectivity index (χ2v) is 5.24. The van der Waals surface area contributed by atoms with Crippen LogP contribution in [0.2, 0.25) is 10.0 Å². The minimum Gasteiger partial charge on any atom is -0.388 e. The average Bonchev–Trinajstić information content (AvgIpc) is 2.80. The maximum atomic E-state index is 10.2. The number of aliphatic hydroxyl groups excluding tert-OH is 1. The molecule has 0 amide bonds. The van der Waals surface area contributed by atoms with Crippen molar-refractivity contribution in [3.05, 3.63) is 52.0 Å². The van der Waals surface area contributed by atoms with Gasteiger partial charge in [0.05, 0.1) is 16.1 Å². The molecule has 0 aliphatic rings. The summed E-state index contributed by atoms with van der Waals surface area (Å²) in [6, 6.07) is 5.18. The molecule has 0 spiro atoms. The summed E-state index contributed by atoms with van der Waals surface area (Å²) < 4.78 is 2.06. The van der Waals surface area contributed by atoms with E-state index in [1.54, 1.807) is 24.4 Å². The highest BCUT2D eigenvalue weighted by Crippen LogP contribution is 2.26. The molecule has 2 aromatic rings. The molecule has 0 saturated heterocycles. The van der Waals surface area contributed by atoms with E-state index in [-0.39, 0.29) is 0 Å². The van der Waals surface area contributed by atoms with E-state index in [9.17, 15) is 5.11 Å². The molecule has 1 heterocycles. The van der Waals surface area contributed by atoms with Crippen LogP contribution in [0.1, 0.15) is 30.8 Å². The monoisotopic (exact) mass is 298 g/mol. The predicted octanol–water partition coefficient (Wildman–Crippen LogP) is 3.88. The molecule has 1 aromatic heterocycles. The first-order valence-electron chi connectivity index (χ1n) is 6.24. The molecule has 1 atom stereocenters. The zero-order chi connectivity index (χ0) is 13.8. The van der Waals surface area contributed by atoms with Crippen molar-refractivity contribution in [3.63, 3.8) is 0 Å². The molecule has 0 aliphatic carbocycles. The molecule has 1 N–H and O–H groups in total. The number of rotatable bonds is 5. The molecule has 19 heavy (non-hydrogen) atoms. The van der Waals surface area contributed by atoms with Gasteiger partial charge in [-0.1, -0.05) is 36.2 Å². The van der Waals surface area contributed by atoms with Gasteiger partial charge in [0.2, 0.25) is 0 Å². The van der Waals surface area contributed by atoms with Crippen molar-refractivity contribution in [2.75, 3.05) is 0 Å². The Morgan fingerprint density at radius 3 is 2.79 bits per heavy atom. The summed E-state index contributed by atoms with van der Waals surface area (Å²) in [6.45, 7) is 3.02. The van der Waals surface area contributed by atoms with Crippen LogP contribution in [0.25, 0.3) is 0 Å². The van der Waals surface area contributed by atoms with E-state index in [2.05, 4.69) is 16.5 Å². The Morgan fingerprint density at radius 2 is 2.11 bits per heavy atom. The van der Waals surface area contributed by atoms with Crippen molar-refractivity contribution in [1.29, 1.82) is 0 Å². The molecular weight excluding hydrogens is 283 g/mol. The molecule has 0 fully saturated rings. The molecule has 0 radical (unpaired) electrons. The fourth-order valence-corrected chi connectivity index (χ4v) is 2.29. The molecule has 2 rings (SSSR count). The Labute approximate surface area is 122 Å². The van der Waals surface area contributed by atoms with Crippen LogP contribution in [0.3, 0.4) is 0 Å². The van der Waals surface area contributed by atoms with E-state index in [0.29, 0.717) is 16.5 Å². The number of benzene rings is 1. The first-order chi connectivity index (χ1) is 9.11. The van der Waals surface area contributed by atoms with Gasteiger partial charge in [0.1, 0.15) is 5.82 Å². The molecule has 102 valence electrons. The van der Waals surface area contributed by atoms with Crippen molar-refractivity contribution in [2.24, 2.45) is 0 Å². The molecule has 3 nitrogen and oxygen atoms in total. The zero-order valence-corrected chi connectivity index (χ0v) is 12.2. The summed E-state index contributed by atoms with van der Waals surface area (Å²) >= 11 is 11.8. The van der Waals surface area contributed by atoms with Crippen molar-refractivity contribution >= 4 is 23.2 Å². The molecule has 1 aromatic carbocycles. The van der Waals surface area contributed by atoms with Gasteiger partial charge in [-0.25, -0.2) is 4.98 Å². The highest BCUT2D eigenvalue weighted by Gasteiger charge is 2.13. The lowest BCUT2D eigenvalue weighted by Crippen LogP contribution is -2.09. The topological polar surface area (TPSA) is 38.0 Å². The number of imidazole rings is 1. The summed E-state index contributed by atoms with van der Waals surface area (Å²) in [7, 11) is 0. The van der Waals surface area contributed by atoms with E-state index in [1.165, 1.54) is 0 Å². The van der Waals surface area contributed by atoms with E-state index in [4.69, 9.17) is 23.2 Å². The standard InChI is InChI=1S/C14H16Cl2N2O/c1-2-6-18-7-5-17-14(18)9-13(19)10-3-4-11(15)12(16)8-10/h3-5,7-8,13,19H,2,6,9H2,1H3. The Morgan fingerprint density at radius 1 is 1.32 bits per heavy atom. The second-order valence-electron chi connectivity index (χ2n) is 4.43. The molecule has 1 unspecified atom stereocenters. The number of hydrogen-bond donors (Lipinski definition) is 1. The first kappa shape index (κ1) is 14.4. The largest absolute Gasteiger partial charge is 0.388 e. The minimum absolute atomic E-state index is 0.454. The third kappa shape index (κ3) is 3.50. The van der Waals surface area contributed by atoms with Crippen LogP contribution in [-0.2, 0) is 13.0 Å². The van der Waals surface area contributed by atoms with Crippen molar-refractivity contribution in [1.82, 2.24) is 9.55 Å². The number of aryl methyl sites for hydroxylation is 1. The van der Waals surface area contributed by atoms with Gasteiger partial charge in [-0.05, 0) is 24.1 Å². The zero-order valence-electron chi connectivity index (χ0n) is 10.7. The third-order valence-electron chi connectivity index (χ3n) is 2.97. The Kier molecular flexibility index (Phi) is 4.86. The normalized spacial score (nSPS) is 12.6. The fourth-order valence-electron chi connectivity index (χ4n) is 1.98. The third-order valence-corrected chi connectivity index (χ3v) is 3.71. The van der Waals surface area contributed by atoms with Crippen molar-refractivity contribution in [3.8, 4) is 0 Å². The lowest BCUT2D eigenvalue weighted by Gasteiger charge is -2.13. The highest BCUT2D eigenvalue weighted by atomic mass is 35.5. The summed E-state index contributed by atoms with van der Waals surface area (Å²) in [4.78, 5) is 4.28. The summed E-state index contributed by atoms with van der Waals surface area (Å²) in [6.07, 6.45) is 4.55. The van der Waals surface area contributed by atoms with Crippen LogP contribution in [0.15, 0.2) is 30.6 Å². The second kappa shape index (κ2) is 6.42. The lowest BCUT2D eigenvalue weighted by molar-refractivity contribution is 0.174. The quantitative estimate of drug-likeness (QED) is 0.910. The van der Waals surface area contributed by atoms with E-state index < -0.39 is 6.10 Å². The molecule has 0 saturated carbocycles. The van der Waals surface area contributed by atoms with Gasteiger partial charge in [-0.3, -0.25) is 0 Å². The smallest absolute Gasteiger partial charge is 0.111 e. The van der Waals surface area contributed by atoms with E-state index in [0.717, 1.165) is 24.4 Å². The summed E-state index contributed by atoms with van der Waals surface area (Å²) in [5.74, 6) is 0.875. The molecule has 0 bridgehead atoms. The number of aliphatic hydroxyl groups is 1. The lowest BCUT2D eigenvalue weighted by atomic mass is 10.1. The van der Waals surface area contributed by atoms with Crippen LogP contribution in [0.5, 0.6) is 0 Å². The van der Waals surface area contributed by atoms with Crippen LogP contribution in [0, 0.1) is 0 Å². The Hall–Kier alpha value is -1.03. The summed E-state index contributed by atoms with van der Waals surface area (Å²) in [5.41, 5.74) is 0.750. The van der Waals surface area contributed by atoms with Gasteiger partial charge in [-0.2, -0.15) is 0 Å².